The summed E-state index contributed by atoms with van der Waals surface area (Å²) in [4.78, 5) is 14.6. The Hall–Kier alpha value is -1.07. The lowest BCUT2D eigenvalue weighted by molar-refractivity contribution is 0.0673. The van der Waals surface area contributed by atoms with Gasteiger partial charge in [-0.05, 0) is 51.4 Å². The van der Waals surface area contributed by atoms with Crippen molar-refractivity contribution < 1.29 is 9.90 Å². The van der Waals surface area contributed by atoms with Gasteiger partial charge in [-0.2, -0.15) is 0 Å². The van der Waals surface area contributed by atoms with Crippen LogP contribution in [0.3, 0.4) is 0 Å². The van der Waals surface area contributed by atoms with E-state index < -0.39 is 0 Å². The Morgan fingerprint density at radius 1 is 1.48 bits per heavy atom. The van der Waals surface area contributed by atoms with Gasteiger partial charge in [0.15, 0.2) is 0 Å². The van der Waals surface area contributed by atoms with Crippen molar-refractivity contribution in [1.29, 1.82) is 0 Å². The van der Waals surface area contributed by atoms with Gasteiger partial charge in [0.25, 0.3) is 5.91 Å². The van der Waals surface area contributed by atoms with Gasteiger partial charge in [0.05, 0.1) is 5.56 Å². The third-order valence-corrected chi connectivity index (χ3v) is 4.40. The van der Waals surface area contributed by atoms with E-state index in [0.717, 1.165) is 17.4 Å². The maximum absolute atomic E-state index is 12.8. The lowest BCUT2D eigenvalue weighted by Crippen LogP contribution is -2.48. The number of halogens is 1. The second-order valence-electron chi connectivity index (χ2n) is 5.86. The normalized spacial score (nSPS) is 18.8. The Morgan fingerprint density at radius 3 is 2.86 bits per heavy atom. The van der Waals surface area contributed by atoms with E-state index in [0.29, 0.717) is 18.2 Å². The van der Waals surface area contributed by atoms with E-state index in [1.165, 1.54) is 12.8 Å². The minimum Gasteiger partial charge on any atom is -0.507 e. The molecule has 1 saturated heterocycles. The van der Waals surface area contributed by atoms with Gasteiger partial charge >= 0.3 is 0 Å². The summed E-state index contributed by atoms with van der Waals surface area (Å²) in [7, 11) is 0. The molecule has 1 aromatic carbocycles. The van der Waals surface area contributed by atoms with Crippen LogP contribution in [0, 0.1) is 0 Å². The van der Waals surface area contributed by atoms with Crippen molar-refractivity contribution in [3.05, 3.63) is 28.2 Å². The Balaban J connectivity index is 2.16. The predicted molar refractivity (Wildman–Crippen MR) is 87.6 cm³/mol. The molecule has 0 radical (unpaired) electrons. The van der Waals surface area contributed by atoms with Gasteiger partial charge < -0.3 is 15.3 Å². The van der Waals surface area contributed by atoms with E-state index in [1.54, 1.807) is 18.2 Å². The lowest BCUT2D eigenvalue weighted by Gasteiger charge is -2.33. The first-order chi connectivity index (χ1) is 9.99. The monoisotopic (exact) mass is 354 g/mol. The Kier molecular flexibility index (Phi) is 5.65. The summed E-state index contributed by atoms with van der Waals surface area (Å²) in [6, 6.07) is 5.41. The number of phenols is 1. The number of aromatic hydroxyl groups is 1. The molecule has 21 heavy (non-hydrogen) atoms. The molecule has 2 rings (SSSR count). The molecule has 5 heteroatoms. The minimum absolute atomic E-state index is 0.0328. The summed E-state index contributed by atoms with van der Waals surface area (Å²) in [5.41, 5.74) is 0.355. The van der Waals surface area contributed by atoms with Gasteiger partial charge in [0.2, 0.25) is 0 Å². The van der Waals surface area contributed by atoms with Gasteiger partial charge in [-0.1, -0.05) is 22.4 Å². The molecule has 1 aliphatic rings. The van der Waals surface area contributed by atoms with Crippen LogP contribution in [0.15, 0.2) is 22.7 Å². The van der Waals surface area contributed by atoms with Crippen molar-refractivity contribution >= 4 is 21.8 Å². The van der Waals surface area contributed by atoms with E-state index in [2.05, 4.69) is 21.2 Å². The van der Waals surface area contributed by atoms with Crippen molar-refractivity contribution in [2.24, 2.45) is 0 Å². The Bertz CT molecular complexity index is 499. The zero-order chi connectivity index (χ0) is 15.4. The topological polar surface area (TPSA) is 52.6 Å². The maximum Gasteiger partial charge on any atom is 0.257 e. The number of nitrogens with one attached hydrogen (secondary N) is 1. The smallest absolute Gasteiger partial charge is 0.257 e. The summed E-state index contributed by atoms with van der Waals surface area (Å²) in [5, 5.41) is 13.4. The Morgan fingerprint density at radius 2 is 2.24 bits per heavy atom. The third-order valence-electron chi connectivity index (χ3n) is 3.90. The fraction of sp³-hybridized carbons (Fsp3) is 0.562. The van der Waals surface area contributed by atoms with Crippen LogP contribution < -0.4 is 5.32 Å². The third kappa shape index (κ3) is 4.20. The maximum atomic E-state index is 12.8. The number of hydrogen-bond donors (Lipinski definition) is 2. The van der Waals surface area contributed by atoms with Gasteiger partial charge in [0.1, 0.15) is 5.75 Å². The SMILES string of the molecule is CC(C)N(CC1CCCCN1)C(=O)c1cc(Br)ccc1O. The van der Waals surface area contributed by atoms with E-state index >= 15 is 0 Å². The summed E-state index contributed by atoms with van der Waals surface area (Å²) < 4.78 is 0.795. The highest BCUT2D eigenvalue weighted by molar-refractivity contribution is 9.10. The van der Waals surface area contributed by atoms with E-state index in [4.69, 9.17) is 0 Å². The van der Waals surface area contributed by atoms with Crippen LogP contribution in [0.5, 0.6) is 5.75 Å². The fourth-order valence-electron chi connectivity index (χ4n) is 2.68. The van der Waals surface area contributed by atoms with Gasteiger partial charge in [-0.3, -0.25) is 4.79 Å². The number of amides is 1. The zero-order valence-electron chi connectivity index (χ0n) is 12.6. The van der Waals surface area contributed by atoms with Gasteiger partial charge in [-0.15, -0.1) is 0 Å². The second kappa shape index (κ2) is 7.27. The minimum atomic E-state index is -0.115. The predicted octanol–water partition coefficient (Wildman–Crippen LogP) is 3.15. The first-order valence-electron chi connectivity index (χ1n) is 7.52. The van der Waals surface area contributed by atoms with Crippen molar-refractivity contribution in [2.45, 2.75) is 45.2 Å². The number of nitrogens with zero attached hydrogens (tertiary/aromatic N) is 1. The van der Waals surface area contributed by atoms with Gasteiger partial charge in [-0.25, -0.2) is 0 Å². The fourth-order valence-corrected chi connectivity index (χ4v) is 3.04. The standard InChI is InChI=1S/C16H23BrN2O2/c1-11(2)19(10-13-5-3-4-8-18-13)16(21)14-9-12(17)6-7-15(14)20/h6-7,9,11,13,18,20H,3-5,8,10H2,1-2H3. The van der Waals surface area contributed by atoms with Crippen LogP contribution in [-0.2, 0) is 0 Å². The van der Waals surface area contributed by atoms with Crippen molar-refractivity contribution in [2.75, 3.05) is 13.1 Å². The molecule has 0 saturated carbocycles. The highest BCUT2D eigenvalue weighted by Crippen LogP contribution is 2.24. The second-order valence-corrected chi connectivity index (χ2v) is 6.78. The van der Waals surface area contributed by atoms with Crippen LogP contribution in [0.2, 0.25) is 0 Å². The molecular weight excluding hydrogens is 332 g/mol. The zero-order valence-corrected chi connectivity index (χ0v) is 14.2. The van der Waals surface area contributed by atoms with Crippen LogP contribution in [0.25, 0.3) is 0 Å². The molecule has 0 aliphatic carbocycles. The number of rotatable bonds is 4. The van der Waals surface area contributed by atoms with Crippen LogP contribution in [0.1, 0.15) is 43.5 Å². The number of piperidine rings is 1. The van der Waals surface area contributed by atoms with Crippen LogP contribution in [0.4, 0.5) is 0 Å². The molecule has 0 bridgehead atoms. The quantitative estimate of drug-likeness (QED) is 0.873. The van der Waals surface area contributed by atoms with Crippen molar-refractivity contribution in [3.8, 4) is 5.75 Å². The average Bonchev–Trinajstić information content (AvgIpc) is 2.47. The highest BCUT2D eigenvalue weighted by atomic mass is 79.9. The molecule has 4 nitrogen and oxygen atoms in total. The molecule has 0 aromatic heterocycles. The number of benzene rings is 1. The summed E-state index contributed by atoms with van der Waals surface area (Å²) in [6.07, 6.45) is 3.51. The van der Waals surface area contributed by atoms with E-state index in [9.17, 15) is 9.90 Å². The molecule has 116 valence electrons. The number of hydrogen-bond acceptors (Lipinski definition) is 3. The molecule has 1 fully saturated rings. The first-order valence-corrected chi connectivity index (χ1v) is 8.31. The molecule has 1 aliphatic heterocycles. The summed E-state index contributed by atoms with van der Waals surface area (Å²) in [6.45, 7) is 5.72. The first kappa shape index (κ1) is 16.3. The average molecular weight is 355 g/mol. The molecule has 1 atom stereocenters. The summed E-state index contributed by atoms with van der Waals surface area (Å²) in [5.74, 6) is -0.0818. The molecule has 1 amide bonds. The molecule has 1 aromatic rings. The Labute approximate surface area is 134 Å². The number of carbonyl (C=O) groups is 1. The van der Waals surface area contributed by atoms with Gasteiger partial charge in [0, 0.05) is 23.1 Å². The molecule has 0 spiro atoms. The van der Waals surface area contributed by atoms with E-state index in [1.807, 2.05) is 18.7 Å². The lowest BCUT2D eigenvalue weighted by atomic mass is 10.0. The molecule has 2 N–H and O–H groups in total. The number of carbonyl (C=O) groups excluding carboxylic acids is 1. The largest absolute Gasteiger partial charge is 0.507 e. The number of phenolic OH excluding ortho intramolecular Hbond substituents is 1. The molecule has 1 unspecified atom stereocenters. The highest BCUT2D eigenvalue weighted by Gasteiger charge is 2.25. The van der Waals surface area contributed by atoms with Crippen LogP contribution >= 0.6 is 15.9 Å². The molecule has 1 heterocycles. The van der Waals surface area contributed by atoms with E-state index in [-0.39, 0.29) is 17.7 Å². The van der Waals surface area contributed by atoms with Crippen molar-refractivity contribution in [3.63, 3.8) is 0 Å². The summed E-state index contributed by atoms with van der Waals surface area (Å²) >= 11 is 3.36. The van der Waals surface area contributed by atoms with Crippen molar-refractivity contribution in [1.82, 2.24) is 10.2 Å². The van der Waals surface area contributed by atoms with Crippen LogP contribution in [-0.4, -0.2) is 41.1 Å². The molecular formula is C16H23BrN2O2.